The molecule has 0 fully saturated rings. The van der Waals surface area contributed by atoms with Crippen molar-refractivity contribution in [2.45, 2.75) is 19.4 Å². The lowest BCUT2D eigenvalue weighted by Crippen LogP contribution is -2.44. The van der Waals surface area contributed by atoms with E-state index < -0.39 is 0 Å². The van der Waals surface area contributed by atoms with Crippen LogP contribution in [-0.4, -0.2) is 48.3 Å². The first kappa shape index (κ1) is 14.9. The summed E-state index contributed by atoms with van der Waals surface area (Å²) in [5.41, 5.74) is 1.08. The summed E-state index contributed by atoms with van der Waals surface area (Å²) in [5.74, 6) is 0. The first-order valence-corrected chi connectivity index (χ1v) is 6.44. The van der Waals surface area contributed by atoms with Gasteiger partial charge in [0.25, 0.3) is 0 Å². The molecule has 0 saturated carbocycles. The maximum absolute atomic E-state index is 5.32. The first-order chi connectivity index (χ1) is 8.63. The minimum Gasteiger partial charge on any atom is -0.383 e. The fourth-order valence-electron chi connectivity index (χ4n) is 1.54. The smallest absolute Gasteiger partial charge is 0.168 e. The lowest BCUT2D eigenvalue weighted by atomic mass is 10.2. The maximum Gasteiger partial charge on any atom is 0.168 e. The van der Waals surface area contributed by atoms with E-state index in [1.165, 1.54) is 0 Å². The number of hydrogen-bond donors (Lipinski definition) is 1. The fraction of sp³-hybridized carbons (Fsp3) is 0.538. The van der Waals surface area contributed by atoms with Gasteiger partial charge in [0.2, 0.25) is 0 Å². The SMILES string of the molecule is COCC(C)NC(=S)N(C)CCc1ccccn1. The molecule has 100 valence electrons. The van der Waals surface area contributed by atoms with Crippen molar-refractivity contribution in [3.63, 3.8) is 0 Å². The van der Waals surface area contributed by atoms with Gasteiger partial charge in [0.1, 0.15) is 0 Å². The quantitative estimate of drug-likeness (QED) is 0.790. The van der Waals surface area contributed by atoms with Crippen LogP contribution >= 0.6 is 12.2 Å². The standard InChI is InChI=1S/C13H21N3OS/c1-11(10-17-3)15-13(18)16(2)9-7-12-6-4-5-8-14-12/h4-6,8,11H,7,9-10H2,1-3H3,(H,15,18). The molecule has 0 amide bonds. The molecule has 1 atom stereocenters. The molecule has 0 spiro atoms. The average Bonchev–Trinajstić information content (AvgIpc) is 2.37. The second-order valence-corrected chi connectivity index (χ2v) is 4.69. The van der Waals surface area contributed by atoms with Gasteiger partial charge in [-0.15, -0.1) is 0 Å². The molecule has 0 bridgehead atoms. The van der Waals surface area contributed by atoms with Crippen molar-refractivity contribution in [2.24, 2.45) is 0 Å². The van der Waals surface area contributed by atoms with Gasteiger partial charge in [-0.2, -0.15) is 0 Å². The van der Waals surface area contributed by atoms with Gasteiger partial charge in [-0.05, 0) is 31.3 Å². The van der Waals surface area contributed by atoms with Crippen LogP contribution in [0.25, 0.3) is 0 Å². The normalized spacial score (nSPS) is 11.9. The Bertz CT molecular complexity index is 359. The molecule has 1 aromatic rings. The van der Waals surface area contributed by atoms with Crippen molar-refractivity contribution in [2.75, 3.05) is 27.3 Å². The van der Waals surface area contributed by atoms with Gasteiger partial charge in [0.05, 0.1) is 6.61 Å². The summed E-state index contributed by atoms with van der Waals surface area (Å²) in [4.78, 5) is 6.31. The third kappa shape index (κ3) is 5.42. The van der Waals surface area contributed by atoms with Crippen LogP contribution in [0.1, 0.15) is 12.6 Å². The zero-order valence-electron chi connectivity index (χ0n) is 11.2. The molecule has 0 radical (unpaired) electrons. The van der Waals surface area contributed by atoms with Gasteiger partial charge in [0, 0.05) is 45.1 Å². The summed E-state index contributed by atoms with van der Waals surface area (Å²) < 4.78 is 5.06. The lowest BCUT2D eigenvalue weighted by Gasteiger charge is -2.23. The molecule has 18 heavy (non-hydrogen) atoms. The fourth-order valence-corrected chi connectivity index (χ4v) is 1.83. The molecule has 0 aromatic carbocycles. The molecule has 0 aliphatic heterocycles. The monoisotopic (exact) mass is 267 g/mol. The van der Waals surface area contributed by atoms with Crippen LogP contribution in [-0.2, 0) is 11.2 Å². The average molecular weight is 267 g/mol. The van der Waals surface area contributed by atoms with E-state index in [0.29, 0.717) is 6.61 Å². The highest BCUT2D eigenvalue weighted by molar-refractivity contribution is 7.80. The summed E-state index contributed by atoms with van der Waals surface area (Å²) in [6, 6.07) is 6.17. The molecule has 0 aliphatic rings. The number of nitrogens with zero attached hydrogens (tertiary/aromatic N) is 2. The Balaban J connectivity index is 2.32. The number of thiocarbonyl (C=S) groups is 1. The van der Waals surface area contributed by atoms with Crippen molar-refractivity contribution in [3.05, 3.63) is 30.1 Å². The summed E-state index contributed by atoms with van der Waals surface area (Å²) in [7, 11) is 3.67. The predicted octanol–water partition coefficient (Wildman–Crippen LogP) is 1.47. The van der Waals surface area contributed by atoms with Crippen molar-refractivity contribution >= 4 is 17.3 Å². The van der Waals surface area contributed by atoms with E-state index in [2.05, 4.69) is 10.3 Å². The van der Waals surface area contributed by atoms with Crippen LogP contribution in [0.3, 0.4) is 0 Å². The highest BCUT2D eigenvalue weighted by Gasteiger charge is 2.08. The molecule has 1 aromatic heterocycles. The van der Waals surface area contributed by atoms with E-state index in [1.54, 1.807) is 7.11 Å². The second kappa shape index (κ2) is 8.00. The Labute approximate surface area is 114 Å². The van der Waals surface area contributed by atoms with E-state index in [-0.39, 0.29) is 6.04 Å². The van der Waals surface area contributed by atoms with Gasteiger partial charge in [-0.25, -0.2) is 0 Å². The molecule has 4 nitrogen and oxygen atoms in total. The maximum atomic E-state index is 5.32. The number of pyridine rings is 1. The topological polar surface area (TPSA) is 37.4 Å². The highest BCUT2D eigenvalue weighted by Crippen LogP contribution is 1.97. The van der Waals surface area contributed by atoms with Crippen molar-refractivity contribution in [3.8, 4) is 0 Å². The summed E-state index contributed by atoms with van der Waals surface area (Å²) >= 11 is 5.32. The van der Waals surface area contributed by atoms with Gasteiger partial charge in [0.15, 0.2) is 5.11 Å². The summed E-state index contributed by atoms with van der Waals surface area (Å²) in [6.45, 7) is 3.54. The number of methoxy groups -OCH3 is 1. The van der Waals surface area contributed by atoms with Gasteiger partial charge in [-0.3, -0.25) is 4.98 Å². The van der Waals surface area contributed by atoms with E-state index in [0.717, 1.165) is 23.8 Å². The van der Waals surface area contributed by atoms with Crippen LogP contribution in [0.5, 0.6) is 0 Å². The number of aromatic nitrogens is 1. The van der Waals surface area contributed by atoms with Gasteiger partial charge >= 0.3 is 0 Å². The number of hydrogen-bond acceptors (Lipinski definition) is 3. The zero-order valence-corrected chi connectivity index (χ0v) is 12.0. The highest BCUT2D eigenvalue weighted by atomic mass is 32.1. The molecule has 0 aliphatic carbocycles. The summed E-state index contributed by atoms with van der Waals surface area (Å²) in [6.07, 6.45) is 2.70. The minimum absolute atomic E-state index is 0.222. The zero-order chi connectivity index (χ0) is 13.4. The van der Waals surface area contributed by atoms with E-state index >= 15 is 0 Å². The van der Waals surface area contributed by atoms with E-state index in [1.807, 2.05) is 43.3 Å². The van der Waals surface area contributed by atoms with Crippen LogP contribution in [0, 0.1) is 0 Å². The molecule has 0 saturated heterocycles. The number of likely N-dealkylation sites (N-methyl/N-ethyl adjacent to an activating group) is 1. The number of nitrogens with one attached hydrogen (secondary N) is 1. The molecule has 1 unspecified atom stereocenters. The second-order valence-electron chi connectivity index (χ2n) is 4.30. The lowest BCUT2D eigenvalue weighted by molar-refractivity contribution is 0.178. The van der Waals surface area contributed by atoms with Crippen molar-refractivity contribution in [1.29, 1.82) is 0 Å². The third-order valence-electron chi connectivity index (χ3n) is 2.56. The van der Waals surface area contributed by atoms with E-state index in [4.69, 9.17) is 17.0 Å². The Morgan fingerprint density at radius 1 is 1.56 bits per heavy atom. The Morgan fingerprint density at radius 2 is 2.33 bits per heavy atom. The Morgan fingerprint density at radius 3 is 2.94 bits per heavy atom. The molecule has 5 heteroatoms. The molecule has 1 N–H and O–H groups in total. The van der Waals surface area contributed by atoms with Crippen molar-refractivity contribution < 1.29 is 4.74 Å². The Hall–Kier alpha value is -1.20. The first-order valence-electron chi connectivity index (χ1n) is 6.04. The largest absolute Gasteiger partial charge is 0.383 e. The van der Waals surface area contributed by atoms with Crippen LogP contribution in [0.4, 0.5) is 0 Å². The Kier molecular flexibility index (Phi) is 6.60. The minimum atomic E-state index is 0.222. The number of ether oxygens (including phenoxy) is 1. The molecule has 1 rings (SSSR count). The van der Waals surface area contributed by atoms with Crippen LogP contribution in [0.15, 0.2) is 24.4 Å². The number of rotatable bonds is 6. The third-order valence-corrected chi connectivity index (χ3v) is 2.99. The molecular formula is C13H21N3OS. The summed E-state index contributed by atoms with van der Waals surface area (Å²) in [5, 5.41) is 3.97. The van der Waals surface area contributed by atoms with Crippen LogP contribution in [0.2, 0.25) is 0 Å². The van der Waals surface area contributed by atoms with Crippen LogP contribution < -0.4 is 5.32 Å². The molecular weight excluding hydrogens is 246 g/mol. The van der Waals surface area contributed by atoms with E-state index in [9.17, 15) is 0 Å². The predicted molar refractivity (Wildman–Crippen MR) is 77.6 cm³/mol. The van der Waals surface area contributed by atoms with Crippen molar-refractivity contribution in [1.82, 2.24) is 15.2 Å². The van der Waals surface area contributed by atoms with Gasteiger partial charge < -0.3 is 15.0 Å². The molecule has 1 heterocycles. The van der Waals surface area contributed by atoms with Gasteiger partial charge in [-0.1, -0.05) is 6.07 Å².